The van der Waals surface area contributed by atoms with Gasteiger partial charge in [0.2, 0.25) is 10.0 Å². The van der Waals surface area contributed by atoms with E-state index >= 15 is 0 Å². The van der Waals surface area contributed by atoms with E-state index in [9.17, 15) is 8.42 Å². The van der Waals surface area contributed by atoms with E-state index in [1.54, 1.807) is 12.1 Å². The van der Waals surface area contributed by atoms with Gasteiger partial charge in [0.15, 0.2) is 0 Å². The number of nitrogens with zero attached hydrogens (tertiary/aromatic N) is 1. The first-order valence-corrected chi connectivity index (χ1v) is 7.74. The monoisotopic (exact) mass is 281 g/mol. The zero-order chi connectivity index (χ0) is 14.3. The number of sulfonamides is 1. The Balaban J connectivity index is 2.88. The highest BCUT2D eigenvalue weighted by Crippen LogP contribution is 2.12. The van der Waals surface area contributed by atoms with Crippen molar-refractivity contribution >= 4 is 10.0 Å². The minimum atomic E-state index is -3.62. The molecule has 104 valence electrons. The van der Waals surface area contributed by atoms with Crippen molar-refractivity contribution in [2.24, 2.45) is 5.73 Å². The summed E-state index contributed by atoms with van der Waals surface area (Å²) >= 11 is 0. The summed E-state index contributed by atoms with van der Waals surface area (Å²) in [5, 5.41) is 8.79. The van der Waals surface area contributed by atoms with E-state index in [1.807, 2.05) is 13.0 Å². The number of benzene rings is 1. The van der Waals surface area contributed by atoms with E-state index in [1.165, 1.54) is 12.1 Å². The van der Waals surface area contributed by atoms with Gasteiger partial charge in [-0.15, -0.1) is 0 Å². The van der Waals surface area contributed by atoms with Crippen LogP contribution in [0.1, 0.15) is 31.7 Å². The van der Waals surface area contributed by atoms with Gasteiger partial charge in [0, 0.05) is 12.6 Å². The predicted molar refractivity (Wildman–Crippen MR) is 73.8 cm³/mol. The molecule has 5 nitrogen and oxygen atoms in total. The lowest BCUT2D eigenvalue weighted by molar-refractivity contribution is 0.516. The third kappa shape index (κ3) is 4.63. The SMILES string of the molecule is CCCCC(CN)NS(=O)(=O)c1cccc(C#N)c1. The molecule has 1 atom stereocenters. The van der Waals surface area contributed by atoms with Gasteiger partial charge in [-0.25, -0.2) is 13.1 Å². The van der Waals surface area contributed by atoms with Gasteiger partial charge in [-0.05, 0) is 24.6 Å². The Morgan fingerprint density at radius 1 is 1.47 bits per heavy atom. The van der Waals surface area contributed by atoms with E-state index in [0.29, 0.717) is 12.0 Å². The number of unbranched alkanes of at least 4 members (excludes halogenated alkanes) is 1. The van der Waals surface area contributed by atoms with Crippen LogP contribution in [0.2, 0.25) is 0 Å². The van der Waals surface area contributed by atoms with Gasteiger partial charge >= 0.3 is 0 Å². The van der Waals surface area contributed by atoms with Crippen molar-refractivity contribution in [1.29, 1.82) is 5.26 Å². The molecule has 0 heterocycles. The smallest absolute Gasteiger partial charge is 0.240 e. The average Bonchev–Trinajstić information content (AvgIpc) is 2.43. The molecule has 3 N–H and O–H groups in total. The van der Waals surface area contributed by atoms with Gasteiger partial charge in [-0.2, -0.15) is 5.26 Å². The molecular weight excluding hydrogens is 262 g/mol. The van der Waals surface area contributed by atoms with Crippen LogP contribution in [-0.2, 0) is 10.0 Å². The Morgan fingerprint density at radius 3 is 2.79 bits per heavy atom. The Hall–Kier alpha value is -1.42. The van der Waals surface area contributed by atoms with E-state index in [4.69, 9.17) is 11.0 Å². The molecule has 1 unspecified atom stereocenters. The van der Waals surface area contributed by atoms with Gasteiger partial charge in [0.1, 0.15) is 0 Å². The standard InChI is InChI=1S/C13H19N3O2S/c1-2-3-6-12(10-15)16-19(17,18)13-7-4-5-11(8-13)9-14/h4-5,7-8,12,16H,2-3,6,10,15H2,1H3. The highest BCUT2D eigenvalue weighted by atomic mass is 32.2. The second-order valence-corrected chi connectivity index (χ2v) is 6.05. The lowest BCUT2D eigenvalue weighted by Crippen LogP contribution is -2.40. The van der Waals surface area contributed by atoms with Crippen LogP contribution < -0.4 is 10.5 Å². The van der Waals surface area contributed by atoms with Crippen molar-refractivity contribution in [3.05, 3.63) is 29.8 Å². The summed E-state index contributed by atoms with van der Waals surface area (Å²) in [4.78, 5) is 0.0986. The molecule has 1 rings (SSSR count). The van der Waals surface area contributed by atoms with Crippen LogP contribution in [0.3, 0.4) is 0 Å². The Labute approximate surface area is 114 Å². The van der Waals surface area contributed by atoms with Crippen LogP contribution in [0, 0.1) is 11.3 Å². The Kier molecular flexibility index (Phi) is 5.96. The zero-order valence-corrected chi connectivity index (χ0v) is 11.8. The lowest BCUT2D eigenvalue weighted by Gasteiger charge is -2.16. The van der Waals surface area contributed by atoms with Crippen molar-refractivity contribution in [3.8, 4) is 6.07 Å². The molecule has 19 heavy (non-hydrogen) atoms. The Morgan fingerprint density at radius 2 is 2.21 bits per heavy atom. The summed E-state index contributed by atoms with van der Waals surface area (Å²) in [5.41, 5.74) is 5.90. The highest BCUT2D eigenvalue weighted by Gasteiger charge is 2.19. The van der Waals surface area contributed by atoms with Gasteiger partial charge in [0.05, 0.1) is 16.5 Å². The normalized spacial score (nSPS) is 12.9. The third-order valence-electron chi connectivity index (χ3n) is 2.79. The summed E-state index contributed by atoms with van der Waals surface area (Å²) in [6.07, 6.45) is 2.62. The summed E-state index contributed by atoms with van der Waals surface area (Å²) in [5.74, 6) is 0. The molecule has 0 saturated carbocycles. The van der Waals surface area contributed by atoms with Crippen LogP contribution in [0.5, 0.6) is 0 Å². The highest BCUT2D eigenvalue weighted by molar-refractivity contribution is 7.89. The third-order valence-corrected chi connectivity index (χ3v) is 4.30. The molecule has 0 radical (unpaired) electrons. The molecule has 0 bridgehead atoms. The van der Waals surface area contributed by atoms with Crippen LogP contribution in [0.4, 0.5) is 0 Å². The van der Waals surface area contributed by atoms with Crippen LogP contribution in [0.15, 0.2) is 29.2 Å². The Bertz CT molecular complexity index is 549. The van der Waals surface area contributed by atoms with Crippen LogP contribution >= 0.6 is 0 Å². The van der Waals surface area contributed by atoms with E-state index in [0.717, 1.165) is 12.8 Å². The molecule has 0 amide bonds. The fourth-order valence-corrected chi connectivity index (χ4v) is 3.02. The molecule has 0 fully saturated rings. The molecule has 0 aliphatic carbocycles. The number of nitriles is 1. The molecule has 1 aromatic rings. The summed E-state index contributed by atoms with van der Waals surface area (Å²) in [6, 6.07) is 7.60. The van der Waals surface area contributed by atoms with E-state index in [2.05, 4.69) is 4.72 Å². The molecule has 0 aliphatic rings. The summed E-state index contributed by atoms with van der Waals surface area (Å²) in [6.45, 7) is 2.30. The largest absolute Gasteiger partial charge is 0.329 e. The molecule has 0 aliphatic heterocycles. The van der Waals surface area contributed by atoms with Crippen molar-refractivity contribution in [3.63, 3.8) is 0 Å². The van der Waals surface area contributed by atoms with Gasteiger partial charge < -0.3 is 5.73 Å². The van der Waals surface area contributed by atoms with Crippen LogP contribution in [0.25, 0.3) is 0 Å². The maximum absolute atomic E-state index is 12.2. The van der Waals surface area contributed by atoms with Gasteiger partial charge in [-0.3, -0.25) is 0 Å². The predicted octanol–water partition coefficient (Wildman–Crippen LogP) is 1.35. The zero-order valence-electron chi connectivity index (χ0n) is 11.0. The van der Waals surface area contributed by atoms with Crippen molar-refractivity contribution in [2.75, 3.05) is 6.54 Å². The molecule has 1 aromatic carbocycles. The number of hydrogen-bond acceptors (Lipinski definition) is 4. The topological polar surface area (TPSA) is 96.0 Å². The maximum Gasteiger partial charge on any atom is 0.240 e. The minimum Gasteiger partial charge on any atom is -0.329 e. The fraction of sp³-hybridized carbons (Fsp3) is 0.462. The fourth-order valence-electron chi connectivity index (χ4n) is 1.70. The molecule has 6 heteroatoms. The van der Waals surface area contributed by atoms with Gasteiger partial charge in [0.25, 0.3) is 0 Å². The van der Waals surface area contributed by atoms with Crippen molar-refractivity contribution < 1.29 is 8.42 Å². The quantitative estimate of drug-likeness (QED) is 0.788. The number of rotatable bonds is 7. The molecule has 0 saturated heterocycles. The number of nitrogens with two attached hydrogens (primary N) is 1. The van der Waals surface area contributed by atoms with E-state index < -0.39 is 10.0 Å². The molecule has 0 spiro atoms. The summed E-state index contributed by atoms with van der Waals surface area (Å²) in [7, 11) is -3.62. The first-order chi connectivity index (χ1) is 9.03. The average molecular weight is 281 g/mol. The summed E-state index contributed by atoms with van der Waals surface area (Å²) < 4.78 is 26.9. The number of nitrogens with one attached hydrogen (secondary N) is 1. The second-order valence-electron chi connectivity index (χ2n) is 4.34. The second kappa shape index (κ2) is 7.24. The minimum absolute atomic E-state index is 0.0986. The lowest BCUT2D eigenvalue weighted by atomic mass is 10.1. The first kappa shape index (κ1) is 15.6. The van der Waals surface area contributed by atoms with Crippen molar-refractivity contribution in [2.45, 2.75) is 37.1 Å². The number of hydrogen-bond donors (Lipinski definition) is 2. The van der Waals surface area contributed by atoms with Gasteiger partial charge in [-0.1, -0.05) is 25.8 Å². The van der Waals surface area contributed by atoms with Crippen LogP contribution in [-0.4, -0.2) is 21.0 Å². The maximum atomic E-state index is 12.2. The van der Waals surface area contributed by atoms with E-state index in [-0.39, 0.29) is 17.5 Å². The van der Waals surface area contributed by atoms with Crippen molar-refractivity contribution in [1.82, 2.24) is 4.72 Å². The molecule has 0 aromatic heterocycles. The molecular formula is C13H19N3O2S. The first-order valence-electron chi connectivity index (χ1n) is 6.26.